The van der Waals surface area contributed by atoms with Crippen molar-refractivity contribution in [1.29, 1.82) is 0 Å². The van der Waals surface area contributed by atoms with Crippen LogP contribution in [0.15, 0.2) is 24.3 Å². The number of hydrogen-bond donors (Lipinski definition) is 1. The molecule has 0 radical (unpaired) electrons. The van der Waals surface area contributed by atoms with E-state index >= 15 is 0 Å². The maximum absolute atomic E-state index is 12.2. The van der Waals surface area contributed by atoms with E-state index in [0.29, 0.717) is 30.5 Å². The van der Waals surface area contributed by atoms with Crippen LogP contribution in [0.25, 0.3) is 0 Å². The number of Topliss-reactive ketones (excluding diaryl/α,β-unsaturated/α-hetero) is 1. The Bertz CT molecular complexity index is 533. The number of rotatable bonds is 2. The molecule has 1 fully saturated rings. The molecule has 1 aromatic rings. The molecule has 5 heteroatoms. The number of piperidine rings is 1. The van der Waals surface area contributed by atoms with Gasteiger partial charge in [0.1, 0.15) is 5.78 Å². The van der Waals surface area contributed by atoms with Gasteiger partial charge < -0.3 is 5.32 Å². The molecule has 0 aromatic heterocycles. The molecule has 1 saturated heterocycles. The van der Waals surface area contributed by atoms with Gasteiger partial charge in [0.15, 0.2) is 0 Å². The molecule has 2 amide bonds. The van der Waals surface area contributed by atoms with E-state index in [-0.39, 0.29) is 30.2 Å². The van der Waals surface area contributed by atoms with E-state index in [0.717, 1.165) is 0 Å². The minimum absolute atomic E-state index is 0.122. The zero-order valence-electron chi connectivity index (χ0n) is 10.4. The van der Waals surface area contributed by atoms with E-state index < -0.39 is 0 Å². The molecular formula is C14H14N2O3. The number of imide groups is 1. The summed E-state index contributed by atoms with van der Waals surface area (Å²) in [7, 11) is 0. The molecule has 3 rings (SSSR count). The fourth-order valence-corrected chi connectivity index (χ4v) is 2.62. The Hall–Kier alpha value is -2.01. The van der Waals surface area contributed by atoms with Crippen molar-refractivity contribution in [2.75, 3.05) is 13.1 Å². The van der Waals surface area contributed by atoms with Crippen LogP contribution in [0.5, 0.6) is 0 Å². The fraction of sp³-hybridized carbons (Fsp3) is 0.357. The Morgan fingerprint density at radius 1 is 1.11 bits per heavy atom. The molecule has 19 heavy (non-hydrogen) atoms. The Balaban J connectivity index is 1.79. The van der Waals surface area contributed by atoms with Gasteiger partial charge in [-0.25, -0.2) is 0 Å². The lowest BCUT2D eigenvalue weighted by atomic mass is 10.0. The van der Waals surface area contributed by atoms with Gasteiger partial charge in [-0.15, -0.1) is 0 Å². The predicted molar refractivity (Wildman–Crippen MR) is 67.8 cm³/mol. The van der Waals surface area contributed by atoms with Gasteiger partial charge in [-0.2, -0.15) is 0 Å². The van der Waals surface area contributed by atoms with Crippen molar-refractivity contribution in [3.8, 4) is 0 Å². The number of carbonyl (C=O) groups is 3. The van der Waals surface area contributed by atoms with E-state index in [9.17, 15) is 14.4 Å². The lowest BCUT2D eigenvalue weighted by Crippen LogP contribution is -2.47. The fourth-order valence-electron chi connectivity index (χ4n) is 2.62. The summed E-state index contributed by atoms with van der Waals surface area (Å²) >= 11 is 0. The lowest BCUT2D eigenvalue weighted by Gasteiger charge is -2.26. The number of benzene rings is 1. The number of carbonyl (C=O) groups excluding carboxylic acids is 3. The van der Waals surface area contributed by atoms with Gasteiger partial charge in [0.2, 0.25) is 0 Å². The highest BCUT2D eigenvalue weighted by molar-refractivity contribution is 6.21. The summed E-state index contributed by atoms with van der Waals surface area (Å²) in [6.07, 6.45) is 0.909. The molecule has 1 aromatic carbocycles. The second kappa shape index (κ2) is 4.59. The van der Waals surface area contributed by atoms with Gasteiger partial charge in [-0.3, -0.25) is 19.3 Å². The highest BCUT2D eigenvalue weighted by atomic mass is 16.2. The monoisotopic (exact) mass is 258 g/mol. The first-order chi connectivity index (χ1) is 9.16. The molecule has 0 saturated carbocycles. The van der Waals surface area contributed by atoms with Gasteiger partial charge in [0.25, 0.3) is 11.8 Å². The first-order valence-electron chi connectivity index (χ1n) is 6.37. The third kappa shape index (κ3) is 2.06. The zero-order chi connectivity index (χ0) is 13.4. The normalized spacial score (nSPS) is 22.8. The smallest absolute Gasteiger partial charge is 0.261 e. The third-order valence-electron chi connectivity index (χ3n) is 3.59. The SMILES string of the molecule is O=C1CCNC(CN2C(=O)c3ccccc3C2=O)C1. The highest BCUT2D eigenvalue weighted by Crippen LogP contribution is 2.23. The van der Waals surface area contributed by atoms with Crippen LogP contribution in [-0.2, 0) is 4.79 Å². The zero-order valence-corrected chi connectivity index (χ0v) is 10.4. The van der Waals surface area contributed by atoms with Crippen LogP contribution >= 0.6 is 0 Å². The van der Waals surface area contributed by atoms with Crippen LogP contribution in [0.4, 0.5) is 0 Å². The highest BCUT2D eigenvalue weighted by Gasteiger charge is 2.36. The van der Waals surface area contributed by atoms with Gasteiger partial charge >= 0.3 is 0 Å². The van der Waals surface area contributed by atoms with Crippen molar-refractivity contribution in [3.63, 3.8) is 0 Å². The summed E-state index contributed by atoms with van der Waals surface area (Å²) in [5.74, 6) is -0.346. The first-order valence-corrected chi connectivity index (χ1v) is 6.37. The average molecular weight is 258 g/mol. The summed E-state index contributed by atoms with van der Waals surface area (Å²) < 4.78 is 0. The van der Waals surface area contributed by atoms with Crippen molar-refractivity contribution in [1.82, 2.24) is 10.2 Å². The Morgan fingerprint density at radius 2 is 1.74 bits per heavy atom. The number of ketones is 1. The van der Waals surface area contributed by atoms with E-state index in [2.05, 4.69) is 5.32 Å². The predicted octanol–water partition coefficient (Wildman–Crippen LogP) is 0.604. The van der Waals surface area contributed by atoms with Crippen LogP contribution in [0.1, 0.15) is 33.6 Å². The molecule has 1 atom stereocenters. The quantitative estimate of drug-likeness (QED) is 0.789. The van der Waals surface area contributed by atoms with Crippen molar-refractivity contribution in [3.05, 3.63) is 35.4 Å². The third-order valence-corrected chi connectivity index (χ3v) is 3.59. The van der Waals surface area contributed by atoms with E-state index in [1.807, 2.05) is 0 Å². The van der Waals surface area contributed by atoms with Gasteiger partial charge in [0.05, 0.1) is 11.1 Å². The topological polar surface area (TPSA) is 66.5 Å². The standard InChI is InChI=1S/C14H14N2O3/c17-10-5-6-15-9(7-10)8-16-13(18)11-3-1-2-4-12(11)14(16)19/h1-4,9,15H,5-8H2. The van der Waals surface area contributed by atoms with Crippen molar-refractivity contribution < 1.29 is 14.4 Å². The van der Waals surface area contributed by atoms with Crippen LogP contribution in [0.3, 0.4) is 0 Å². The van der Waals surface area contributed by atoms with E-state index in [1.54, 1.807) is 24.3 Å². The van der Waals surface area contributed by atoms with Crippen molar-refractivity contribution >= 4 is 17.6 Å². The maximum Gasteiger partial charge on any atom is 0.261 e. The largest absolute Gasteiger partial charge is 0.311 e. The number of nitrogens with zero attached hydrogens (tertiary/aromatic N) is 1. The molecule has 0 aliphatic carbocycles. The summed E-state index contributed by atoms with van der Waals surface area (Å²) in [5.41, 5.74) is 0.907. The minimum atomic E-state index is -0.263. The lowest BCUT2D eigenvalue weighted by molar-refractivity contribution is -0.120. The molecule has 2 aliphatic rings. The van der Waals surface area contributed by atoms with Crippen molar-refractivity contribution in [2.24, 2.45) is 0 Å². The van der Waals surface area contributed by atoms with E-state index in [4.69, 9.17) is 0 Å². The number of hydrogen-bond acceptors (Lipinski definition) is 4. The van der Waals surface area contributed by atoms with Gasteiger partial charge in [-0.1, -0.05) is 12.1 Å². The number of nitrogens with one attached hydrogen (secondary N) is 1. The average Bonchev–Trinajstić information content (AvgIpc) is 2.65. The van der Waals surface area contributed by atoms with Crippen molar-refractivity contribution in [2.45, 2.75) is 18.9 Å². The van der Waals surface area contributed by atoms with Gasteiger partial charge in [0, 0.05) is 32.0 Å². The summed E-state index contributed by atoms with van der Waals surface area (Å²) in [6.45, 7) is 0.880. The van der Waals surface area contributed by atoms with Crippen LogP contribution < -0.4 is 5.32 Å². The number of fused-ring (bicyclic) bond motifs is 1. The Kier molecular flexibility index (Phi) is 2.91. The Labute approximate surface area is 110 Å². The van der Waals surface area contributed by atoms with Gasteiger partial charge in [-0.05, 0) is 12.1 Å². The summed E-state index contributed by atoms with van der Waals surface area (Å²) in [5, 5.41) is 3.18. The van der Waals surface area contributed by atoms with Crippen LogP contribution in [-0.4, -0.2) is 41.6 Å². The molecular weight excluding hydrogens is 244 g/mol. The molecule has 1 unspecified atom stereocenters. The van der Waals surface area contributed by atoms with Crippen LogP contribution in [0.2, 0.25) is 0 Å². The molecule has 2 aliphatic heterocycles. The molecule has 0 bridgehead atoms. The maximum atomic E-state index is 12.2. The van der Waals surface area contributed by atoms with E-state index in [1.165, 1.54) is 4.90 Å². The second-order valence-electron chi connectivity index (χ2n) is 4.91. The Morgan fingerprint density at radius 3 is 2.32 bits per heavy atom. The minimum Gasteiger partial charge on any atom is -0.311 e. The molecule has 2 heterocycles. The molecule has 5 nitrogen and oxygen atoms in total. The first kappa shape index (κ1) is 12.0. The van der Waals surface area contributed by atoms with Crippen LogP contribution in [0, 0.1) is 0 Å². The molecule has 1 N–H and O–H groups in total. The number of amides is 2. The molecule has 0 spiro atoms. The second-order valence-corrected chi connectivity index (χ2v) is 4.91. The summed E-state index contributed by atoms with van der Waals surface area (Å²) in [4.78, 5) is 36.9. The summed E-state index contributed by atoms with van der Waals surface area (Å²) in [6, 6.07) is 6.69. The molecule has 98 valence electrons.